The molecule has 0 saturated carbocycles. The van der Waals surface area contributed by atoms with E-state index in [2.05, 4.69) is 16.0 Å². The molecular weight excluding hydrogens is 380 g/mol. The molecule has 0 aliphatic heterocycles. The number of nitrogens with one attached hydrogen (secondary N) is 3. The molecule has 7 nitrogen and oxygen atoms in total. The fourth-order valence-electron chi connectivity index (χ4n) is 2.97. The maximum Gasteiger partial charge on any atom is 0.253 e. The second-order valence-corrected chi connectivity index (χ2v) is 6.84. The lowest BCUT2D eigenvalue weighted by Gasteiger charge is -2.18. The van der Waals surface area contributed by atoms with Crippen LogP contribution in [0.2, 0.25) is 0 Å². The minimum Gasteiger partial charge on any atom is -0.376 e. The minimum absolute atomic E-state index is 0.0231. The minimum atomic E-state index is -0.208. The molecule has 2 aromatic rings. The van der Waals surface area contributed by atoms with E-state index in [4.69, 9.17) is 0 Å². The molecule has 7 heteroatoms. The summed E-state index contributed by atoms with van der Waals surface area (Å²) in [6.45, 7) is 8.95. The Morgan fingerprint density at radius 2 is 1.47 bits per heavy atom. The van der Waals surface area contributed by atoms with Crippen LogP contribution in [0.25, 0.3) is 0 Å². The lowest BCUT2D eigenvalue weighted by atomic mass is 10.1. The van der Waals surface area contributed by atoms with E-state index < -0.39 is 0 Å². The predicted octanol–water partition coefficient (Wildman–Crippen LogP) is 3.88. The van der Waals surface area contributed by atoms with Crippen molar-refractivity contribution in [2.45, 2.75) is 34.1 Å². The van der Waals surface area contributed by atoms with E-state index in [-0.39, 0.29) is 24.3 Å². The summed E-state index contributed by atoms with van der Waals surface area (Å²) in [5.41, 5.74) is 3.58. The Bertz CT molecular complexity index is 890. The fraction of sp³-hybridized carbons (Fsp3) is 0.348. The lowest BCUT2D eigenvalue weighted by Crippen LogP contribution is -2.30. The zero-order valence-corrected chi connectivity index (χ0v) is 18.0. The highest BCUT2D eigenvalue weighted by atomic mass is 16.2. The summed E-state index contributed by atoms with van der Waals surface area (Å²) in [5.74, 6) is -0.291. The van der Waals surface area contributed by atoms with Crippen LogP contribution >= 0.6 is 0 Å². The first-order chi connectivity index (χ1) is 14.4. The van der Waals surface area contributed by atoms with Gasteiger partial charge in [0.25, 0.3) is 5.91 Å². The van der Waals surface area contributed by atoms with Crippen LogP contribution in [0.15, 0.2) is 42.5 Å². The summed E-state index contributed by atoms with van der Waals surface area (Å²) in [7, 11) is 0. The monoisotopic (exact) mass is 410 g/mol. The SMILES string of the molecule is CCC(=O)Nc1cccc(NCC(=O)Nc2ccc(C(=O)N(CC)CC)cc2)c1C. The molecule has 0 atom stereocenters. The zero-order chi connectivity index (χ0) is 22.1. The molecule has 30 heavy (non-hydrogen) atoms. The lowest BCUT2D eigenvalue weighted by molar-refractivity contribution is -0.116. The predicted molar refractivity (Wildman–Crippen MR) is 121 cm³/mol. The topological polar surface area (TPSA) is 90.5 Å². The van der Waals surface area contributed by atoms with Gasteiger partial charge in [0, 0.05) is 42.1 Å². The number of benzene rings is 2. The van der Waals surface area contributed by atoms with Crippen molar-refractivity contribution in [3.63, 3.8) is 0 Å². The molecule has 0 fully saturated rings. The number of nitrogens with zero attached hydrogens (tertiary/aromatic N) is 1. The number of carbonyl (C=O) groups is 3. The van der Waals surface area contributed by atoms with E-state index in [0.29, 0.717) is 30.8 Å². The van der Waals surface area contributed by atoms with Gasteiger partial charge in [-0.2, -0.15) is 0 Å². The summed E-state index contributed by atoms with van der Waals surface area (Å²) in [5, 5.41) is 8.76. The third-order valence-electron chi connectivity index (χ3n) is 4.83. The summed E-state index contributed by atoms with van der Waals surface area (Å²) in [6, 6.07) is 12.4. The van der Waals surface area contributed by atoms with Gasteiger partial charge in [-0.15, -0.1) is 0 Å². The van der Waals surface area contributed by atoms with Crippen LogP contribution in [0.3, 0.4) is 0 Å². The molecule has 3 N–H and O–H groups in total. The number of hydrogen-bond acceptors (Lipinski definition) is 4. The van der Waals surface area contributed by atoms with Gasteiger partial charge in [0.1, 0.15) is 0 Å². The Labute approximate surface area is 177 Å². The number of carbonyl (C=O) groups excluding carboxylic acids is 3. The summed E-state index contributed by atoms with van der Waals surface area (Å²) in [6.07, 6.45) is 0.402. The third-order valence-corrected chi connectivity index (χ3v) is 4.83. The summed E-state index contributed by atoms with van der Waals surface area (Å²) in [4.78, 5) is 38.0. The van der Waals surface area contributed by atoms with Crippen molar-refractivity contribution in [3.05, 3.63) is 53.6 Å². The highest BCUT2D eigenvalue weighted by Crippen LogP contribution is 2.23. The first-order valence-electron chi connectivity index (χ1n) is 10.2. The molecule has 0 aliphatic carbocycles. The molecule has 2 aromatic carbocycles. The molecule has 3 amide bonds. The van der Waals surface area contributed by atoms with Gasteiger partial charge in [0.15, 0.2) is 0 Å². The zero-order valence-electron chi connectivity index (χ0n) is 18.0. The number of anilines is 3. The van der Waals surface area contributed by atoms with E-state index in [1.807, 2.05) is 39.0 Å². The third kappa shape index (κ3) is 6.07. The molecule has 0 aromatic heterocycles. The quantitative estimate of drug-likeness (QED) is 0.585. The van der Waals surface area contributed by atoms with Crippen LogP contribution in [-0.4, -0.2) is 42.3 Å². The van der Waals surface area contributed by atoms with Crippen molar-refractivity contribution in [2.24, 2.45) is 0 Å². The van der Waals surface area contributed by atoms with Gasteiger partial charge < -0.3 is 20.9 Å². The van der Waals surface area contributed by atoms with E-state index in [9.17, 15) is 14.4 Å². The van der Waals surface area contributed by atoms with Crippen molar-refractivity contribution in [3.8, 4) is 0 Å². The molecule has 160 valence electrons. The van der Waals surface area contributed by atoms with Crippen LogP contribution in [-0.2, 0) is 9.59 Å². The molecule has 0 unspecified atom stereocenters. The number of hydrogen-bond donors (Lipinski definition) is 3. The maximum atomic E-state index is 12.3. The van der Waals surface area contributed by atoms with Crippen LogP contribution in [0.1, 0.15) is 43.1 Å². The maximum absolute atomic E-state index is 12.3. The molecular formula is C23H30N4O3. The van der Waals surface area contributed by atoms with E-state index >= 15 is 0 Å². The standard InChI is InChI=1S/C23H30N4O3/c1-5-21(28)26-20-10-8-9-19(16(20)4)24-15-22(29)25-18-13-11-17(12-14-18)23(30)27(6-2)7-3/h8-14,24H,5-7,15H2,1-4H3,(H,25,29)(H,26,28). The first kappa shape index (κ1) is 22.9. The molecule has 0 aliphatic rings. The van der Waals surface area contributed by atoms with Crippen molar-refractivity contribution < 1.29 is 14.4 Å². The van der Waals surface area contributed by atoms with Crippen molar-refractivity contribution in [2.75, 3.05) is 35.6 Å². The Hall–Kier alpha value is -3.35. The van der Waals surface area contributed by atoms with Crippen molar-refractivity contribution >= 4 is 34.8 Å². The van der Waals surface area contributed by atoms with Crippen LogP contribution in [0.5, 0.6) is 0 Å². The second-order valence-electron chi connectivity index (χ2n) is 6.84. The normalized spacial score (nSPS) is 10.3. The van der Waals surface area contributed by atoms with Gasteiger partial charge in [0.05, 0.1) is 6.54 Å². The summed E-state index contributed by atoms with van der Waals surface area (Å²) < 4.78 is 0. The van der Waals surface area contributed by atoms with Gasteiger partial charge in [-0.05, 0) is 62.7 Å². The average Bonchev–Trinajstić information content (AvgIpc) is 2.75. The van der Waals surface area contributed by atoms with Crippen LogP contribution < -0.4 is 16.0 Å². The van der Waals surface area contributed by atoms with Gasteiger partial charge in [0.2, 0.25) is 11.8 Å². The first-order valence-corrected chi connectivity index (χ1v) is 10.2. The van der Waals surface area contributed by atoms with Crippen molar-refractivity contribution in [1.82, 2.24) is 4.90 Å². The van der Waals surface area contributed by atoms with E-state index in [0.717, 1.165) is 16.9 Å². The highest BCUT2D eigenvalue weighted by Gasteiger charge is 2.12. The van der Waals surface area contributed by atoms with Gasteiger partial charge in [-0.1, -0.05) is 13.0 Å². The molecule has 0 radical (unpaired) electrons. The Morgan fingerprint density at radius 1 is 0.833 bits per heavy atom. The number of rotatable bonds is 9. The highest BCUT2D eigenvalue weighted by molar-refractivity contribution is 5.97. The van der Waals surface area contributed by atoms with Gasteiger partial charge >= 0.3 is 0 Å². The summed E-state index contributed by atoms with van der Waals surface area (Å²) >= 11 is 0. The largest absolute Gasteiger partial charge is 0.376 e. The smallest absolute Gasteiger partial charge is 0.253 e. The van der Waals surface area contributed by atoms with Gasteiger partial charge in [-0.3, -0.25) is 14.4 Å². The average molecular weight is 411 g/mol. The van der Waals surface area contributed by atoms with Crippen LogP contribution in [0.4, 0.5) is 17.1 Å². The molecule has 0 heterocycles. The second kappa shape index (κ2) is 11.0. The van der Waals surface area contributed by atoms with Crippen LogP contribution in [0, 0.1) is 6.92 Å². The Balaban J connectivity index is 1.94. The Kier molecular flexibility index (Phi) is 8.41. The fourth-order valence-corrected chi connectivity index (χ4v) is 2.97. The molecule has 2 rings (SSSR count). The number of amides is 3. The Morgan fingerprint density at radius 3 is 2.07 bits per heavy atom. The van der Waals surface area contributed by atoms with E-state index in [1.165, 1.54) is 0 Å². The van der Waals surface area contributed by atoms with Gasteiger partial charge in [-0.25, -0.2) is 0 Å². The molecule has 0 spiro atoms. The van der Waals surface area contributed by atoms with Crippen molar-refractivity contribution in [1.29, 1.82) is 0 Å². The molecule has 0 saturated heterocycles. The van der Waals surface area contributed by atoms with E-state index in [1.54, 1.807) is 36.1 Å². The molecule has 0 bridgehead atoms.